The van der Waals surface area contributed by atoms with E-state index in [0.717, 1.165) is 21.3 Å². The topological polar surface area (TPSA) is 79.3 Å². The van der Waals surface area contributed by atoms with Crippen molar-refractivity contribution in [2.75, 3.05) is 6.54 Å². The molecule has 1 heterocycles. The molecule has 1 amide bonds. The van der Waals surface area contributed by atoms with Gasteiger partial charge in [0.2, 0.25) is 5.91 Å². The van der Waals surface area contributed by atoms with Gasteiger partial charge in [0, 0.05) is 0 Å². The van der Waals surface area contributed by atoms with Crippen LogP contribution >= 0.6 is 11.3 Å². The van der Waals surface area contributed by atoms with Crippen molar-refractivity contribution >= 4 is 33.4 Å². The number of hydrogen-bond donors (Lipinski definition) is 2. The molecule has 0 saturated carbocycles. The van der Waals surface area contributed by atoms with E-state index in [-0.39, 0.29) is 24.3 Å². The third kappa shape index (κ3) is 4.71. The van der Waals surface area contributed by atoms with Gasteiger partial charge in [0.1, 0.15) is 11.6 Å². The average Bonchev–Trinajstić information content (AvgIpc) is 3.00. The molecule has 6 heteroatoms. The zero-order chi connectivity index (χ0) is 19.6. The Hall–Kier alpha value is -2.73. The van der Waals surface area contributed by atoms with Crippen LogP contribution in [0.4, 0.5) is 0 Å². The summed E-state index contributed by atoms with van der Waals surface area (Å²) in [7, 11) is 0. The Morgan fingerprint density at radius 3 is 2.37 bits per heavy atom. The van der Waals surface area contributed by atoms with Crippen molar-refractivity contribution in [3.05, 3.63) is 53.0 Å². The minimum Gasteiger partial charge on any atom is -0.480 e. The first-order chi connectivity index (χ1) is 12.7. The largest absolute Gasteiger partial charge is 0.480 e. The molecule has 0 unspecified atom stereocenters. The maximum atomic E-state index is 11.8. The molecule has 1 aromatic heterocycles. The first kappa shape index (κ1) is 19.0. The summed E-state index contributed by atoms with van der Waals surface area (Å²) in [4.78, 5) is 26.8. The van der Waals surface area contributed by atoms with Crippen LogP contribution < -0.4 is 5.32 Å². The standard InChI is InChI=1S/C21H22N2O3S/c1-21(2,3)15-7-4-13(5-8-15)14-6-9-17-16(10-14)23-19(27-17)11-18(24)22-12-20(25)26/h4-10H,11-12H2,1-3H3,(H,22,24)(H,25,26). The maximum Gasteiger partial charge on any atom is 0.322 e. The van der Waals surface area contributed by atoms with Gasteiger partial charge in [-0.2, -0.15) is 0 Å². The van der Waals surface area contributed by atoms with Crippen LogP contribution in [0.25, 0.3) is 21.3 Å². The summed E-state index contributed by atoms with van der Waals surface area (Å²) in [6, 6.07) is 14.6. The Morgan fingerprint density at radius 2 is 1.74 bits per heavy atom. The number of carbonyl (C=O) groups is 2. The second-order valence-electron chi connectivity index (χ2n) is 7.46. The Balaban J connectivity index is 1.79. The smallest absolute Gasteiger partial charge is 0.322 e. The van der Waals surface area contributed by atoms with Crippen LogP contribution in [0.15, 0.2) is 42.5 Å². The van der Waals surface area contributed by atoms with E-state index in [2.05, 4.69) is 61.4 Å². The van der Waals surface area contributed by atoms with Crippen molar-refractivity contribution in [3.8, 4) is 11.1 Å². The molecule has 0 atom stereocenters. The summed E-state index contributed by atoms with van der Waals surface area (Å²) in [6.07, 6.45) is 0.0856. The van der Waals surface area contributed by atoms with Gasteiger partial charge in [-0.25, -0.2) is 4.98 Å². The lowest BCUT2D eigenvalue weighted by Gasteiger charge is -2.19. The number of amides is 1. The zero-order valence-electron chi connectivity index (χ0n) is 15.6. The molecule has 0 bridgehead atoms. The lowest BCUT2D eigenvalue weighted by molar-refractivity contribution is -0.137. The van der Waals surface area contributed by atoms with E-state index in [1.807, 2.05) is 12.1 Å². The second kappa shape index (κ2) is 7.48. The molecule has 0 aliphatic rings. The van der Waals surface area contributed by atoms with Crippen LogP contribution in [0.1, 0.15) is 31.3 Å². The van der Waals surface area contributed by atoms with Gasteiger partial charge in [-0.15, -0.1) is 11.3 Å². The van der Waals surface area contributed by atoms with Crippen LogP contribution in [-0.2, 0) is 21.4 Å². The third-order valence-electron chi connectivity index (χ3n) is 4.26. The molecular formula is C21H22N2O3S. The number of thiazole rings is 1. The van der Waals surface area contributed by atoms with Crippen molar-refractivity contribution < 1.29 is 14.7 Å². The average molecular weight is 382 g/mol. The summed E-state index contributed by atoms with van der Waals surface area (Å²) in [5.74, 6) is -1.40. The predicted octanol–water partition coefficient (Wildman–Crippen LogP) is 4.00. The van der Waals surface area contributed by atoms with E-state index in [1.165, 1.54) is 16.9 Å². The van der Waals surface area contributed by atoms with Gasteiger partial charge < -0.3 is 10.4 Å². The van der Waals surface area contributed by atoms with Crippen molar-refractivity contribution in [2.45, 2.75) is 32.6 Å². The number of aliphatic carboxylic acids is 1. The summed E-state index contributed by atoms with van der Waals surface area (Å²) >= 11 is 1.45. The first-order valence-corrected chi connectivity index (χ1v) is 9.53. The minimum atomic E-state index is -1.06. The Bertz CT molecular complexity index is 985. The summed E-state index contributed by atoms with van der Waals surface area (Å²) < 4.78 is 1.01. The van der Waals surface area contributed by atoms with E-state index >= 15 is 0 Å². The van der Waals surface area contributed by atoms with E-state index in [9.17, 15) is 9.59 Å². The van der Waals surface area contributed by atoms with Gasteiger partial charge in [0.15, 0.2) is 0 Å². The molecule has 0 spiro atoms. The first-order valence-electron chi connectivity index (χ1n) is 8.71. The molecule has 0 radical (unpaired) electrons. The van der Waals surface area contributed by atoms with Gasteiger partial charge >= 0.3 is 5.97 Å². The highest BCUT2D eigenvalue weighted by Gasteiger charge is 2.14. The lowest BCUT2D eigenvalue weighted by atomic mass is 9.86. The molecule has 2 aromatic carbocycles. The fraction of sp³-hybridized carbons (Fsp3) is 0.286. The molecule has 0 aliphatic carbocycles. The lowest BCUT2D eigenvalue weighted by Crippen LogP contribution is -2.30. The van der Waals surface area contributed by atoms with Crippen LogP contribution in [0.3, 0.4) is 0 Å². The van der Waals surface area contributed by atoms with Gasteiger partial charge in [-0.05, 0) is 34.2 Å². The van der Waals surface area contributed by atoms with Crippen molar-refractivity contribution in [1.29, 1.82) is 0 Å². The number of benzene rings is 2. The Kier molecular flexibility index (Phi) is 5.28. The molecule has 5 nitrogen and oxygen atoms in total. The van der Waals surface area contributed by atoms with Crippen LogP contribution in [0.5, 0.6) is 0 Å². The second-order valence-corrected chi connectivity index (χ2v) is 8.58. The SMILES string of the molecule is CC(C)(C)c1ccc(-c2ccc3sc(CC(=O)NCC(=O)O)nc3c2)cc1. The zero-order valence-corrected chi connectivity index (χ0v) is 16.4. The number of carboxylic acid groups (broad SMARTS) is 1. The highest BCUT2D eigenvalue weighted by molar-refractivity contribution is 7.18. The predicted molar refractivity (Wildman–Crippen MR) is 108 cm³/mol. The number of rotatable bonds is 5. The van der Waals surface area contributed by atoms with Crippen LogP contribution in [-0.4, -0.2) is 28.5 Å². The van der Waals surface area contributed by atoms with Crippen LogP contribution in [0, 0.1) is 0 Å². The number of hydrogen-bond acceptors (Lipinski definition) is 4. The summed E-state index contributed by atoms with van der Waals surface area (Å²) in [6.45, 7) is 6.20. The normalized spacial score (nSPS) is 11.5. The van der Waals surface area contributed by atoms with E-state index in [4.69, 9.17) is 5.11 Å². The van der Waals surface area contributed by atoms with Crippen LogP contribution in [0.2, 0.25) is 0 Å². The van der Waals surface area contributed by atoms with Gasteiger partial charge in [-0.1, -0.05) is 51.1 Å². The number of aromatic nitrogens is 1. The quantitative estimate of drug-likeness (QED) is 0.699. The number of nitrogens with zero attached hydrogens (tertiary/aromatic N) is 1. The van der Waals surface area contributed by atoms with Crippen molar-refractivity contribution in [1.82, 2.24) is 10.3 Å². The highest BCUT2D eigenvalue weighted by Crippen LogP contribution is 2.30. The van der Waals surface area contributed by atoms with Crippen molar-refractivity contribution in [3.63, 3.8) is 0 Å². The number of nitrogens with one attached hydrogen (secondary N) is 1. The number of carboxylic acids is 1. The van der Waals surface area contributed by atoms with E-state index in [0.29, 0.717) is 5.01 Å². The Labute approximate surface area is 162 Å². The summed E-state index contributed by atoms with van der Waals surface area (Å²) in [5, 5.41) is 11.6. The molecule has 27 heavy (non-hydrogen) atoms. The van der Waals surface area contributed by atoms with Crippen molar-refractivity contribution in [2.24, 2.45) is 0 Å². The molecule has 2 N–H and O–H groups in total. The number of fused-ring (bicyclic) bond motifs is 1. The molecule has 3 aromatic rings. The Morgan fingerprint density at radius 1 is 1.07 bits per heavy atom. The monoisotopic (exact) mass is 382 g/mol. The molecular weight excluding hydrogens is 360 g/mol. The van der Waals surface area contributed by atoms with Gasteiger partial charge in [-0.3, -0.25) is 9.59 Å². The maximum absolute atomic E-state index is 11.8. The van der Waals surface area contributed by atoms with E-state index < -0.39 is 5.97 Å². The molecule has 3 rings (SSSR count). The molecule has 0 aliphatic heterocycles. The summed E-state index contributed by atoms with van der Waals surface area (Å²) in [5.41, 5.74) is 4.45. The number of carbonyl (C=O) groups excluding carboxylic acids is 1. The molecule has 0 saturated heterocycles. The fourth-order valence-electron chi connectivity index (χ4n) is 2.77. The van der Waals surface area contributed by atoms with Gasteiger partial charge in [0.05, 0.1) is 16.6 Å². The minimum absolute atomic E-state index is 0.0856. The molecule has 0 fully saturated rings. The molecule has 140 valence electrons. The fourth-order valence-corrected chi connectivity index (χ4v) is 3.71. The van der Waals surface area contributed by atoms with E-state index in [1.54, 1.807) is 0 Å². The highest BCUT2D eigenvalue weighted by atomic mass is 32.1. The third-order valence-corrected chi connectivity index (χ3v) is 5.30. The van der Waals surface area contributed by atoms with Gasteiger partial charge in [0.25, 0.3) is 0 Å².